The van der Waals surface area contributed by atoms with Crippen molar-refractivity contribution in [3.8, 4) is 11.3 Å². The number of rotatable bonds is 3. The fourth-order valence-electron chi connectivity index (χ4n) is 4.64. The standard InChI is InChI=1S/C23H30N2O/c1-14-17(21(24)26)13-20(25(14)16-7-8-16)15-6-9-18-19(12-15)23(4,5)11-10-22(18,2)3/h6,9,12-13,16H,7-8,10-11H2,1-5H3,(H2,24,26). The second-order valence-corrected chi connectivity index (χ2v) is 9.52. The summed E-state index contributed by atoms with van der Waals surface area (Å²) in [5, 5.41) is 0. The minimum absolute atomic E-state index is 0.180. The van der Waals surface area contributed by atoms with Crippen molar-refractivity contribution in [1.82, 2.24) is 4.57 Å². The van der Waals surface area contributed by atoms with Crippen LogP contribution in [-0.4, -0.2) is 10.5 Å². The number of hydrogen-bond acceptors (Lipinski definition) is 1. The molecule has 1 fully saturated rings. The molecular formula is C23H30N2O. The smallest absolute Gasteiger partial charge is 0.250 e. The summed E-state index contributed by atoms with van der Waals surface area (Å²) < 4.78 is 2.34. The minimum Gasteiger partial charge on any atom is -0.366 e. The average Bonchev–Trinajstić information content (AvgIpc) is 3.34. The van der Waals surface area contributed by atoms with E-state index >= 15 is 0 Å². The molecule has 0 unspecified atom stereocenters. The van der Waals surface area contributed by atoms with Gasteiger partial charge in [0.05, 0.1) is 5.56 Å². The molecule has 1 amide bonds. The van der Waals surface area contributed by atoms with Gasteiger partial charge in [-0.15, -0.1) is 0 Å². The highest BCUT2D eigenvalue weighted by molar-refractivity contribution is 5.95. The average molecular weight is 351 g/mol. The fourth-order valence-corrected chi connectivity index (χ4v) is 4.64. The SMILES string of the molecule is Cc1c(C(N)=O)cc(-c2ccc3c(c2)C(C)(C)CCC3(C)C)n1C1CC1. The van der Waals surface area contributed by atoms with Crippen LogP contribution >= 0.6 is 0 Å². The zero-order valence-electron chi connectivity index (χ0n) is 16.6. The number of amides is 1. The first-order chi connectivity index (χ1) is 12.1. The number of primary amides is 1. The summed E-state index contributed by atoms with van der Waals surface area (Å²) in [5.74, 6) is -0.331. The van der Waals surface area contributed by atoms with Crippen molar-refractivity contribution in [3.63, 3.8) is 0 Å². The van der Waals surface area contributed by atoms with E-state index in [-0.39, 0.29) is 16.7 Å². The van der Waals surface area contributed by atoms with Gasteiger partial charge >= 0.3 is 0 Å². The van der Waals surface area contributed by atoms with Crippen LogP contribution in [0.25, 0.3) is 11.3 Å². The van der Waals surface area contributed by atoms with E-state index in [1.807, 2.05) is 13.0 Å². The first-order valence-electron chi connectivity index (χ1n) is 9.79. The number of carbonyl (C=O) groups excluding carboxylic acids is 1. The van der Waals surface area contributed by atoms with Crippen LogP contribution in [0.15, 0.2) is 24.3 Å². The lowest BCUT2D eigenvalue weighted by atomic mass is 9.63. The minimum atomic E-state index is -0.331. The van der Waals surface area contributed by atoms with Crippen molar-refractivity contribution < 1.29 is 4.79 Å². The topological polar surface area (TPSA) is 48.0 Å². The Labute approximate surface area is 156 Å². The van der Waals surface area contributed by atoms with E-state index in [0.29, 0.717) is 11.6 Å². The largest absolute Gasteiger partial charge is 0.366 e. The molecule has 0 radical (unpaired) electrons. The summed E-state index contributed by atoms with van der Waals surface area (Å²) in [5.41, 5.74) is 13.0. The van der Waals surface area contributed by atoms with Crippen LogP contribution in [0.3, 0.4) is 0 Å². The highest BCUT2D eigenvalue weighted by atomic mass is 16.1. The van der Waals surface area contributed by atoms with Gasteiger partial charge in [-0.3, -0.25) is 4.79 Å². The van der Waals surface area contributed by atoms with Crippen LogP contribution in [0.5, 0.6) is 0 Å². The quantitative estimate of drug-likeness (QED) is 0.808. The monoisotopic (exact) mass is 350 g/mol. The maximum Gasteiger partial charge on any atom is 0.250 e. The number of carbonyl (C=O) groups is 1. The van der Waals surface area contributed by atoms with Gasteiger partial charge in [-0.05, 0) is 72.3 Å². The second kappa shape index (κ2) is 5.48. The van der Waals surface area contributed by atoms with Gasteiger partial charge in [0, 0.05) is 17.4 Å². The maximum atomic E-state index is 11.9. The predicted molar refractivity (Wildman–Crippen MR) is 107 cm³/mol. The number of nitrogens with zero attached hydrogens (tertiary/aromatic N) is 1. The van der Waals surface area contributed by atoms with E-state index in [9.17, 15) is 4.79 Å². The van der Waals surface area contributed by atoms with Gasteiger partial charge in [0.1, 0.15) is 0 Å². The molecule has 2 aromatic rings. The van der Waals surface area contributed by atoms with Gasteiger partial charge in [-0.2, -0.15) is 0 Å². The van der Waals surface area contributed by atoms with E-state index in [1.54, 1.807) is 0 Å². The van der Waals surface area contributed by atoms with Crippen LogP contribution in [-0.2, 0) is 10.8 Å². The lowest BCUT2D eigenvalue weighted by Gasteiger charge is -2.42. The lowest BCUT2D eigenvalue weighted by molar-refractivity contribution is 0.0999. The molecule has 138 valence electrons. The van der Waals surface area contributed by atoms with Crippen molar-refractivity contribution in [3.05, 3.63) is 46.6 Å². The van der Waals surface area contributed by atoms with E-state index < -0.39 is 0 Å². The van der Waals surface area contributed by atoms with Gasteiger partial charge in [0.15, 0.2) is 0 Å². The van der Waals surface area contributed by atoms with Gasteiger partial charge in [0.2, 0.25) is 0 Å². The van der Waals surface area contributed by atoms with Gasteiger partial charge in [0.25, 0.3) is 5.91 Å². The molecule has 2 aliphatic rings. The van der Waals surface area contributed by atoms with Crippen molar-refractivity contribution in [2.75, 3.05) is 0 Å². The van der Waals surface area contributed by atoms with Gasteiger partial charge in [-0.25, -0.2) is 0 Å². The lowest BCUT2D eigenvalue weighted by Crippen LogP contribution is -2.33. The fraction of sp³-hybridized carbons (Fsp3) is 0.522. The molecule has 0 aliphatic heterocycles. The molecule has 0 saturated heterocycles. The van der Waals surface area contributed by atoms with Crippen LogP contribution in [0.1, 0.15) is 86.6 Å². The normalized spacial score (nSPS) is 20.7. The zero-order valence-corrected chi connectivity index (χ0v) is 16.6. The van der Waals surface area contributed by atoms with E-state index in [0.717, 1.165) is 11.4 Å². The summed E-state index contributed by atoms with van der Waals surface area (Å²) >= 11 is 0. The molecule has 2 aliphatic carbocycles. The Morgan fingerprint density at radius 1 is 1.04 bits per heavy atom. The highest BCUT2D eigenvalue weighted by Gasteiger charge is 2.37. The zero-order chi connectivity index (χ0) is 18.9. The third-order valence-corrected chi connectivity index (χ3v) is 6.62. The molecular weight excluding hydrogens is 320 g/mol. The molecule has 3 nitrogen and oxygen atoms in total. The summed E-state index contributed by atoms with van der Waals surface area (Å²) in [7, 11) is 0. The van der Waals surface area contributed by atoms with Crippen LogP contribution < -0.4 is 5.73 Å². The summed E-state index contributed by atoms with van der Waals surface area (Å²) in [6.07, 6.45) is 4.79. The molecule has 2 N–H and O–H groups in total. The molecule has 0 atom stereocenters. The summed E-state index contributed by atoms with van der Waals surface area (Å²) in [6, 6.07) is 9.43. The van der Waals surface area contributed by atoms with Crippen LogP contribution in [0.4, 0.5) is 0 Å². The number of nitrogens with two attached hydrogens (primary N) is 1. The van der Waals surface area contributed by atoms with Crippen LogP contribution in [0.2, 0.25) is 0 Å². The number of hydrogen-bond donors (Lipinski definition) is 1. The number of fused-ring (bicyclic) bond motifs is 1. The first kappa shape index (κ1) is 17.4. The Hall–Kier alpha value is -2.03. The van der Waals surface area contributed by atoms with Gasteiger partial charge < -0.3 is 10.3 Å². The van der Waals surface area contributed by atoms with Crippen molar-refractivity contribution in [2.24, 2.45) is 5.73 Å². The highest BCUT2D eigenvalue weighted by Crippen LogP contribution is 2.48. The summed E-state index contributed by atoms with van der Waals surface area (Å²) in [4.78, 5) is 11.9. The Balaban J connectivity index is 1.91. The first-order valence-corrected chi connectivity index (χ1v) is 9.79. The van der Waals surface area contributed by atoms with Crippen LogP contribution in [0, 0.1) is 6.92 Å². The Kier molecular flexibility index (Phi) is 3.67. The molecule has 1 aromatic carbocycles. The Morgan fingerprint density at radius 3 is 2.23 bits per heavy atom. The molecule has 4 rings (SSSR count). The molecule has 1 heterocycles. The third-order valence-electron chi connectivity index (χ3n) is 6.62. The van der Waals surface area contributed by atoms with Crippen molar-refractivity contribution >= 4 is 5.91 Å². The molecule has 1 saturated carbocycles. The van der Waals surface area contributed by atoms with Crippen molar-refractivity contribution in [1.29, 1.82) is 0 Å². The van der Waals surface area contributed by atoms with E-state index in [2.05, 4.69) is 50.5 Å². The third kappa shape index (κ3) is 2.60. The van der Waals surface area contributed by atoms with Crippen molar-refractivity contribution in [2.45, 2.75) is 77.2 Å². The second-order valence-electron chi connectivity index (χ2n) is 9.52. The molecule has 3 heteroatoms. The Morgan fingerprint density at radius 2 is 1.65 bits per heavy atom. The van der Waals surface area contributed by atoms with E-state index in [1.165, 1.54) is 42.4 Å². The summed E-state index contributed by atoms with van der Waals surface area (Å²) in [6.45, 7) is 11.4. The Bertz CT molecular complexity index is 897. The van der Waals surface area contributed by atoms with E-state index in [4.69, 9.17) is 5.73 Å². The number of aromatic nitrogens is 1. The molecule has 0 bridgehead atoms. The predicted octanol–water partition coefficient (Wildman–Crippen LogP) is 5.25. The molecule has 26 heavy (non-hydrogen) atoms. The molecule has 0 spiro atoms. The maximum absolute atomic E-state index is 11.9. The number of benzene rings is 1. The van der Waals surface area contributed by atoms with Gasteiger partial charge in [-0.1, -0.05) is 39.8 Å². The molecule has 1 aromatic heterocycles.